The Hall–Kier alpha value is -2.31. The normalized spacial score (nSPS) is 12.8. The molecule has 0 N–H and O–H groups in total. The first-order chi connectivity index (χ1) is 19.9. The van der Waals surface area contributed by atoms with E-state index in [0.717, 1.165) is 0 Å². The molecule has 0 heterocycles. The summed E-state index contributed by atoms with van der Waals surface area (Å²) in [6.07, 6.45) is -0.354. The van der Waals surface area contributed by atoms with Gasteiger partial charge >= 0.3 is 6.09 Å². The third-order valence-electron chi connectivity index (χ3n) is 6.47. The lowest BCUT2D eigenvalue weighted by Gasteiger charge is -2.19. The first kappa shape index (κ1) is 33.2. The minimum atomic E-state index is -1.46. The number of hydrogen-bond acceptors (Lipinski definition) is 8. The van der Waals surface area contributed by atoms with Gasteiger partial charge in [0.05, 0.1) is 72.7 Å². The molecule has 0 bridgehead atoms. The summed E-state index contributed by atoms with van der Waals surface area (Å²) in [4.78, 5) is 14.1. The second-order valence-corrected chi connectivity index (χ2v) is 15.3. The van der Waals surface area contributed by atoms with Crippen molar-refractivity contribution in [2.45, 2.75) is 25.6 Å². The van der Waals surface area contributed by atoms with Crippen molar-refractivity contribution in [3.63, 3.8) is 0 Å². The fourth-order valence-corrected chi connectivity index (χ4v) is 5.08. The molecule has 228 valence electrons. The second kappa shape index (κ2) is 18.3. The highest BCUT2D eigenvalue weighted by Crippen LogP contribution is 2.44. The van der Waals surface area contributed by atoms with E-state index in [0.29, 0.717) is 85.8 Å². The number of carbonyl (C=O) groups excluding carboxylic acids is 1. The van der Waals surface area contributed by atoms with Crippen molar-refractivity contribution in [3.8, 4) is 11.1 Å². The highest BCUT2D eigenvalue weighted by molar-refractivity contribution is 6.69. The number of benzene rings is 2. The first-order valence-electron chi connectivity index (χ1n) is 14.5. The van der Waals surface area contributed by atoms with Gasteiger partial charge in [-0.15, -0.1) is 0 Å². The number of likely N-dealkylation sites (N-methyl/N-ethyl adjacent to an activating group) is 1. The third kappa shape index (κ3) is 12.2. The van der Waals surface area contributed by atoms with Crippen LogP contribution in [0.5, 0.6) is 0 Å². The molecule has 0 saturated carbocycles. The van der Waals surface area contributed by atoms with Crippen molar-refractivity contribution in [1.29, 1.82) is 0 Å². The monoisotopic (exact) mass is 589 g/mol. The highest BCUT2D eigenvalue weighted by Gasteiger charge is 2.29. The molecule has 2 aromatic rings. The summed E-state index contributed by atoms with van der Waals surface area (Å²) in [6.45, 7) is 12.9. The maximum atomic E-state index is 12.5. The van der Waals surface area contributed by atoms with E-state index in [1.165, 1.54) is 22.3 Å². The Morgan fingerprint density at radius 2 is 1.07 bits per heavy atom. The molecule has 41 heavy (non-hydrogen) atoms. The quantitative estimate of drug-likeness (QED) is 0.152. The summed E-state index contributed by atoms with van der Waals surface area (Å²) >= 11 is 0. The van der Waals surface area contributed by atoms with Gasteiger partial charge in [0, 0.05) is 19.5 Å². The lowest BCUT2D eigenvalue weighted by Crippen LogP contribution is -2.32. The van der Waals surface area contributed by atoms with Crippen LogP contribution in [0.25, 0.3) is 11.1 Å². The summed E-state index contributed by atoms with van der Waals surface area (Å²) in [5, 5.41) is 0. The van der Waals surface area contributed by atoms with Gasteiger partial charge < -0.3 is 37.7 Å². The van der Waals surface area contributed by atoms with Crippen molar-refractivity contribution in [3.05, 3.63) is 59.7 Å². The van der Waals surface area contributed by atoms with E-state index >= 15 is 0 Å². The topological polar surface area (TPSA) is 84.9 Å². The molecule has 0 atom stereocenters. The Labute approximate surface area is 246 Å². The molecule has 0 aliphatic heterocycles. The van der Waals surface area contributed by atoms with Crippen LogP contribution in [0.2, 0.25) is 19.6 Å². The summed E-state index contributed by atoms with van der Waals surface area (Å²) in [6, 6.07) is 16.6. The number of nitrogens with zero attached hydrogens (tertiary/aromatic N) is 1. The Morgan fingerprint density at radius 3 is 1.54 bits per heavy atom. The molecule has 3 rings (SSSR count). The maximum Gasteiger partial charge on any atom is 0.409 e. The third-order valence-corrected chi connectivity index (χ3v) is 7.54. The molecule has 1 aliphatic carbocycles. The lowest BCUT2D eigenvalue weighted by atomic mass is 9.98. The zero-order valence-corrected chi connectivity index (χ0v) is 26.1. The zero-order chi connectivity index (χ0) is 29.3. The molecular formula is C31H47NO8Si. The molecule has 1 aliphatic rings. The summed E-state index contributed by atoms with van der Waals surface area (Å²) in [5.74, 6) is 0.0504. The Kier molecular flexibility index (Phi) is 14.8. The molecule has 0 spiro atoms. The van der Waals surface area contributed by atoms with E-state index in [2.05, 4.69) is 43.9 Å². The maximum absolute atomic E-state index is 12.5. The summed E-state index contributed by atoms with van der Waals surface area (Å²) in [7, 11) is 0.261. The molecule has 10 heteroatoms. The number of rotatable bonds is 21. The summed E-state index contributed by atoms with van der Waals surface area (Å²) < 4.78 is 39.0. The van der Waals surface area contributed by atoms with Gasteiger partial charge in [-0.2, -0.15) is 0 Å². The predicted molar refractivity (Wildman–Crippen MR) is 161 cm³/mol. The largest absolute Gasteiger partial charge is 0.448 e. The fourth-order valence-electron chi connectivity index (χ4n) is 4.39. The molecular weight excluding hydrogens is 542 g/mol. The molecule has 0 aromatic heterocycles. The molecule has 0 saturated heterocycles. The minimum absolute atomic E-state index is 0.0504. The fraction of sp³-hybridized carbons (Fsp3) is 0.581. The van der Waals surface area contributed by atoms with E-state index in [1.54, 1.807) is 11.9 Å². The smallest absolute Gasteiger partial charge is 0.409 e. The van der Waals surface area contributed by atoms with E-state index in [-0.39, 0.29) is 12.0 Å². The first-order valence-corrected chi connectivity index (χ1v) is 17.9. The van der Waals surface area contributed by atoms with Gasteiger partial charge in [-0.1, -0.05) is 48.5 Å². The van der Waals surface area contributed by atoms with Crippen LogP contribution in [0, 0.1) is 0 Å². The number of ether oxygens (including phenoxy) is 6. The van der Waals surface area contributed by atoms with Gasteiger partial charge in [-0.05, 0) is 41.9 Å². The number of fused-ring (bicyclic) bond motifs is 3. The van der Waals surface area contributed by atoms with Crippen molar-refractivity contribution >= 4 is 14.4 Å². The second-order valence-electron chi connectivity index (χ2n) is 10.7. The van der Waals surface area contributed by atoms with Crippen molar-refractivity contribution in [2.75, 3.05) is 92.9 Å². The van der Waals surface area contributed by atoms with Gasteiger partial charge in [0.2, 0.25) is 0 Å². The number of hydrogen-bond donors (Lipinski definition) is 0. The molecule has 0 unspecified atom stereocenters. The van der Waals surface area contributed by atoms with Crippen molar-refractivity contribution in [1.82, 2.24) is 4.90 Å². The van der Waals surface area contributed by atoms with Gasteiger partial charge in [0.25, 0.3) is 0 Å². The predicted octanol–water partition coefficient (Wildman–Crippen LogP) is 4.80. The van der Waals surface area contributed by atoms with Crippen LogP contribution < -0.4 is 0 Å². The van der Waals surface area contributed by atoms with Crippen LogP contribution in [0.15, 0.2) is 48.5 Å². The zero-order valence-electron chi connectivity index (χ0n) is 25.1. The van der Waals surface area contributed by atoms with Crippen LogP contribution in [-0.2, 0) is 32.8 Å². The highest BCUT2D eigenvalue weighted by atomic mass is 28.4. The van der Waals surface area contributed by atoms with Crippen LogP contribution >= 0.6 is 0 Å². The van der Waals surface area contributed by atoms with Gasteiger partial charge in [0.1, 0.15) is 6.61 Å². The van der Waals surface area contributed by atoms with Gasteiger partial charge in [-0.3, -0.25) is 0 Å². The molecule has 9 nitrogen and oxygen atoms in total. The van der Waals surface area contributed by atoms with Crippen LogP contribution in [0.4, 0.5) is 4.79 Å². The van der Waals surface area contributed by atoms with Crippen LogP contribution in [0.1, 0.15) is 17.0 Å². The SMILES string of the molecule is CN(CCOCCOCCOCCOCCOCCO[Si](C)(C)C)C(=O)OCC1c2ccccc2-c2ccccc21. The molecule has 2 aromatic carbocycles. The van der Waals surface area contributed by atoms with Crippen LogP contribution in [0.3, 0.4) is 0 Å². The number of amides is 1. The van der Waals surface area contributed by atoms with E-state index in [4.69, 9.17) is 32.8 Å². The van der Waals surface area contributed by atoms with E-state index in [9.17, 15) is 4.79 Å². The average Bonchev–Trinajstić information content (AvgIpc) is 3.28. The Morgan fingerprint density at radius 1 is 0.659 bits per heavy atom. The van der Waals surface area contributed by atoms with Gasteiger partial charge in [0.15, 0.2) is 8.32 Å². The van der Waals surface area contributed by atoms with E-state index in [1.807, 2.05) is 24.3 Å². The molecule has 0 radical (unpaired) electrons. The standard InChI is InChI=1S/C31H47NO8Si/c1-32(31(33)39-25-30-28-11-7-5-9-26(28)27-10-6-8-12-29(27)30)13-14-34-15-16-35-17-18-36-19-20-37-21-22-38-23-24-40-41(2,3)4/h5-12,30H,13-25H2,1-4H3. The molecule has 1 amide bonds. The Bertz CT molecular complexity index is 986. The van der Waals surface area contributed by atoms with E-state index < -0.39 is 8.32 Å². The minimum Gasteiger partial charge on any atom is -0.448 e. The Balaban J connectivity index is 1.12. The average molecular weight is 590 g/mol. The van der Waals surface area contributed by atoms with Crippen molar-refractivity contribution < 1.29 is 37.6 Å². The lowest BCUT2D eigenvalue weighted by molar-refractivity contribution is -0.0136. The van der Waals surface area contributed by atoms with Crippen molar-refractivity contribution in [2.24, 2.45) is 0 Å². The summed E-state index contributed by atoms with van der Waals surface area (Å²) in [5.41, 5.74) is 4.83. The number of carbonyl (C=O) groups is 1. The molecule has 0 fully saturated rings. The van der Waals surface area contributed by atoms with Gasteiger partial charge in [-0.25, -0.2) is 4.79 Å². The van der Waals surface area contributed by atoms with Crippen LogP contribution in [-0.4, -0.2) is 112 Å².